The maximum absolute atomic E-state index is 12.7. The van der Waals surface area contributed by atoms with E-state index < -0.39 is 5.69 Å². The maximum atomic E-state index is 12.7. The van der Waals surface area contributed by atoms with E-state index in [1.165, 1.54) is 29.8 Å². The van der Waals surface area contributed by atoms with Crippen LogP contribution >= 0.6 is 11.8 Å². The zero-order chi connectivity index (χ0) is 21.4. The quantitative estimate of drug-likeness (QED) is 0.574. The molecule has 0 unspecified atom stereocenters. The minimum atomic E-state index is -0.402. The second kappa shape index (κ2) is 8.09. The Morgan fingerprint density at radius 1 is 1.00 bits per heavy atom. The monoisotopic (exact) mass is 431 g/mol. The molecule has 0 aliphatic carbocycles. The summed E-state index contributed by atoms with van der Waals surface area (Å²) in [6.07, 6.45) is 3.45. The lowest BCUT2D eigenvalue weighted by Gasteiger charge is -2.26. The zero-order valence-corrected chi connectivity index (χ0v) is 18.1. The van der Waals surface area contributed by atoms with E-state index in [9.17, 15) is 9.59 Å². The van der Waals surface area contributed by atoms with Crippen molar-refractivity contribution in [2.75, 3.05) is 23.7 Å². The molecule has 0 spiro atoms. The molecule has 12 heteroatoms. The highest BCUT2D eigenvalue weighted by Gasteiger charge is 2.20. The molecule has 3 aromatic rings. The van der Waals surface area contributed by atoms with Crippen LogP contribution in [0.2, 0.25) is 0 Å². The molecule has 3 aromatic heterocycles. The van der Waals surface area contributed by atoms with Crippen molar-refractivity contribution in [1.29, 1.82) is 0 Å². The third-order valence-corrected chi connectivity index (χ3v) is 6.26. The van der Waals surface area contributed by atoms with Crippen molar-refractivity contribution >= 4 is 34.8 Å². The SMILES string of the molecule is CCn1c(SCc2nc(N)nc(N3CCCCC3)n2)nc2c1c(=O)n(C)c(=O)n2C. The molecule has 0 saturated carbocycles. The van der Waals surface area contributed by atoms with Crippen LogP contribution in [-0.2, 0) is 26.4 Å². The molecule has 0 bridgehead atoms. The third-order valence-electron chi connectivity index (χ3n) is 5.29. The smallest absolute Gasteiger partial charge is 0.332 e. The summed E-state index contributed by atoms with van der Waals surface area (Å²) in [7, 11) is 3.09. The van der Waals surface area contributed by atoms with E-state index in [4.69, 9.17) is 5.73 Å². The molecule has 1 aliphatic heterocycles. The number of nitrogen functional groups attached to an aromatic ring is 1. The first-order valence-electron chi connectivity index (χ1n) is 9.95. The second-order valence-electron chi connectivity index (χ2n) is 7.26. The van der Waals surface area contributed by atoms with E-state index in [2.05, 4.69) is 24.8 Å². The van der Waals surface area contributed by atoms with Gasteiger partial charge in [0.25, 0.3) is 5.56 Å². The first-order chi connectivity index (χ1) is 14.4. The van der Waals surface area contributed by atoms with E-state index >= 15 is 0 Å². The fraction of sp³-hybridized carbons (Fsp3) is 0.556. The second-order valence-corrected chi connectivity index (χ2v) is 8.21. The molecular weight excluding hydrogens is 406 g/mol. The number of rotatable bonds is 5. The van der Waals surface area contributed by atoms with Gasteiger partial charge in [-0.15, -0.1) is 0 Å². The Balaban J connectivity index is 1.66. The summed E-state index contributed by atoms with van der Waals surface area (Å²) in [5, 5.41) is 0.629. The molecule has 4 rings (SSSR count). The predicted octanol–water partition coefficient (Wildman–Crippen LogP) is 0.503. The lowest BCUT2D eigenvalue weighted by molar-refractivity contribution is 0.567. The highest BCUT2D eigenvalue weighted by molar-refractivity contribution is 7.98. The van der Waals surface area contributed by atoms with E-state index in [1.807, 2.05) is 11.5 Å². The third kappa shape index (κ3) is 3.55. The van der Waals surface area contributed by atoms with Gasteiger partial charge in [0.05, 0.1) is 5.75 Å². The topological polar surface area (TPSA) is 130 Å². The number of hydrogen-bond acceptors (Lipinski definition) is 9. The summed E-state index contributed by atoms with van der Waals surface area (Å²) >= 11 is 1.41. The minimum absolute atomic E-state index is 0.196. The fourth-order valence-corrected chi connectivity index (χ4v) is 4.60. The lowest BCUT2D eigenvalue weighted by atomic mass is 10.1. The summed E-state index contributed by atoms with van der Waals surface area (Å²) < 4.78 is 4.31. The van der Waals surface area contributed by atoms with Crippen molar-refractivity contribution in [3.8, 4) is 0 Å². The number of hydrogen-bond donors (Lipinski definition) is 1. The van der Waals surface area contributed by atoms with Gasteiger partial charge in [-0.05, 0) is 26.2 Å². The number of nitrogens with zero attached hydrogens (tertiary/aromatic N) is 8. The number of fused-ring (bicyclic) bond motifs is 1. The van der Waals surface area contributed by atoms with E-state index in [0.29, 0.717) is 40.4 Å². The standard InChI is InChI=1S/C18H25N9O2S/c1-4-27-12-13(24(2)18(29)25(3)14(12)28)22-17(27)30-10-11-20-15(19)23-16(21-11)26-8-6-5-7-9-26/h4-10H2,1-3H3,(H2,19,20,21,23). The molecule has 1 fully saturated rings. The van der Waals surface area contributed by atoms with Crippen molar-refractivity contribution in [3.05, 3.63) is 26.7 Å². The number of thioether (sulfide) groups is 1. The average molecular weight is 432 g/mol. The molecule has 4 heterocycles. The molecule has 30 heavy (non-hydrogen) atoms. The maximum Gasteiger partial charge on any atom is 0.332 e. The van der Waals surface area contributed by atoms with Gasteiger partial charge >= 0.3 is 5.69 Å². The molecular formula is C18H25N9O2S. The summed E-state index contributed by atoms with van der Waals surface area (Å²) in [5.74, 6) is 1.79. The van der Waals surface area contributed by atoms with Gasteiger partial charge in [-0.2, -0.15) is 15.0 Å². The molecule has 1 aliphatic rings. The van der Waals surface area contributed by atoms with Crippen molar-refractivity contribution in [2.45, 2.75) is 43.6 Å². The number of piperidine rings is 1. The van der Waals surface area contributed by atoms with Crippen LogP contribution in [0.5, 0.6) is 0 Å². The first-order valence-corrected chi connectivity index (χ1v) is 10.9. The number of aromatic nitrogens is 7. The number of anilines is 2. The van der Waals surface area contributed by atoms with Crippen LogP contribution in [0.25, 0.3) is 11.2 Å². The number of aryl methyl sites for hydroxylation is 2. The molecule has 1 saturated heterocycles. The van der Waals surface area contributed by atoms with Gasteiger partial charge in [0.1, 0.15) is 5.82 Å². The van der Waals surface area contributed by atoms with Gasteiger partial charge in [0.15, 0.2) is 16.3 Å². The van der Waals surface area contributed by atoms with Gasteiger partial charge in [-0.25, -0.2) is 9.78 Å². The van der Waals surface area contributed by atoms with E-state index in [1.54, 1.807) is 7.05 Å². The van der Waals surface area contributed by atoms with Crippen LogP contribution in [0, 0.1) is 0 Å². The molecule has 0 aromatic carbocycles. The lowest BCUT2D eigenvalue weighted by Crippen LogP contribution is -2.37. The Morgan fingerprint density at radius 2 is 1.73 bits per heavy atom. The van der Waals surface area contributed by atoms with Crippen LogP contribution in [0.15, 0.2) is 14.7 Å². The summed E-state index contributed by atoms with van der Waals surface area (Å²) in [6.45, 7) is 4.31. The van der Waals surface area contributed by atoms with Crippen LogP contribution in [0.1, 0.15) is 32.0 Å². The van der Waals surface area contributed by atoms with Gasteiger partial charge in [-0.3, -0.25) is 13.9 Å². The van der Waals surface area contributed by atoms with Crippen LogP contribution in [0.3, 0.4) is 0 Å². The van der Waals surface area contributed by atoms with Crippen LogP contribution in [-0.4, -0.2) is 46.7 Å². The Bertz CT molecular complexity index is 1210. The molecule has 2 N–H and O–H groups in total. The molecule has 11 nitrogen and oxygen atoms in total. The molecule has 0 amide bonds. The largest absolute Gasteiger partial charge is 0.368 e. The van der Waals surface area contributed by atoms with Gasteiger partial charge in [0, 0.05) is 33.7 Å². The first kappa shape index (κ1) is 20.4. The normalized spacial score (nSPS) is 14.6. The fourth-order valence-electron chi connectivity index (χ4n) is 3.68. The molecule has 0 atom stereocenters. The molecule has 0 radical (unpaired) electrons. The van der Waals surface area contributed by atoms with E-state index in [-0.39, 0.29) is 11.5 Å². The van der Waals surface area contributed by atoms with Crippen molar-refractivity contribution in [2.24, 2.45) is 14.1 Å². The summed E-state index contributed by atoms with van der Waals surface area (Å²) in [4.78, 5) is 44.7. The summed E-state index contributed by atoms with van der Waals surface area (Å²) in [6, 6.07) is 0. The highest BCUT2D eigenvalue weighted by atomic mass is 32.2. The number of imidazole rings is 1. The van der Waals surface area contributed by atoms with Crippen molar-refractivity contribution < 1.29 is 0 Å². The molecule has 160 valence electrons. The average Bonchev–Trinajstić information content (AvgIpc) is 3.14. The minimum Gasteiger partial charge on any atom is -0.368 e. The zero-order valence-electron chi connectivity index (χ0n) is 17.3. The Kier molecular flexibility index (Phi) is 5.50. The Morgan fingerprint density at radius 3 is 2.43 bits per heavy atom. The summed E-state index contributed by atoms with van der Waals surface area (Å²) in [5.41, 5.74) is 5.95. The van der Waals surface area contributed by atoms with Crippen LogP contribution in [0.4, 0.5) is 11.9 Å². The van der Waals surface area contributed by atoms with Crippen molar-refractivity contribution in [3.63, 3.8) is 0 Å². The van der Waals surface area contributed by atoms with Gasteiger partial charge in [0.2, 0.25) is 11.9 Å². The van der Waals surface area contributed by atoms with Gasteiger partial charge < -0.3 is 15.2 Å². The van der Waals surface area contributed by atoms with Crippen LogP contribution < -0.4 is 21.9 Å². The Hall–Kier alpha value is -2.89. The predicted molar refractivity (Wildman–Crippen MR) is 116 cm³/mol. The van der Waals surface area contributed by atoms with Crippen molar-refractivity contribution in [1.82, 2.24) is 33.6 Å². The Labute approximate surface area is 177 Å². The van der Waals surface area contributed by atoms with Gasteiger partial charge in [-0.1, -0.05) is 11.8 Å². The number of nitrogens with two attached hydrogens (primary N) is 1. The van der Waals surface area contributed by atoms with E-state index in [0.717, 1.165) is 30.5 Å². The highest BCUT2D eigenvalue weighted by Crippen LogP contribution is 2.25.